The van der Waals surface area contributed by atoms with Crippen LogP contribution in [0.25, 0.3) is 0 Å². The van der Waals surface area contributed by atoms with Crippen LogP contribution in [0.2, 0.25) is 0 Å². The highest BCUT2D eigenvalue weighted by molar-refractivity contribution is 5.93. The molecule has 0 atom stereocenters. The van der Waals surface area contributed by atoms with E-state index in [2.05, 4.69) is 10.3 Å². The lowest BCUT2D eigenvalue weighted by Gasteiger charge is -2.15. The van der Waals surface area contributed by atoms with Crippen LogP contribution in [0.4, 0.5) is 0 Å². The smallest absolute Gasteiger partial charge is 0.275 e. The average molecular weight is 211 g/mol. The minimum Gasteiger partial charge on any atom is -0.448 e. The van der Waals surface area contributed by atoms with Crippen molar-refractivity contribution in [1.82, 2.24) is 15.2 Å². The average Bonchev–Trinajstić information content (AvgIpc) is 2.72. The van der Waals surface area contributed by atoms with Crippen molar-refractivity contribution in [2.24, 2.45) is 0 Å². The highest BCUT2D eigenvalue weighted by Gasteiger charge is 2.18. The maximum Gasteiger partial charge on any atom is 0.275 e. The van der Waals surface area contributed by atoms with Crippen LogP contribution in [0, 0.1) is 0 Å². The lowest BCUT2D eigenvalue weighted by atomic mass is 10.2. The van der Waals surface area contributed by atoms with Gasteiger partial charge < -0.3 is 14.6 Å². The van der Waals surface area contributed by atoms with Gasteiger partial charge in [-0.05, 0) is 7.05 Å². The SMILES string of the molecule is CCc1ocnc1C(=O)N(C)CCNC. The number of oxazole rings is 1. The van der Waals surface area contributed by atoms with Gasteiger partial charge in [0.15, 0.2) is 12.1 Å². The zero-order chi connectivity index (χ0) is 11.3. The zero-order valence-electron chi connectivity index (χ0n) is 9.41. The predicted molar refractivity (Wildman–Crippen MR) is 56.8 cm³/mol. The highest BCUT2D eigenvalue weighted by atomic mass is 16.3. The molecule has 15 heavy (non-hydrogen) atoms. The Kier molecular flexibility index (Phi) is 4.30. The molecule has 0 aliphatic carbocycles. The zero-order valence-corrected chi connectivity index (χ0v) is 9.41. The van der Waals surface area contributed by atoms with Crippen LogP contribution >= 0.6 is 0 Å². The molecule has 1 rings (SSSR count). The first-order valence-electron chi connectivity index (χ1n) is 5.03. The van der Waals surface area contributed by atoms with Crippen LogP contribution in [0.15, 0.2) is 10.8 Å². The first-order chi connectivity index (χ1) is 7.20. The molecule has 0 aromatic carbocycles. The molecule has 0 radical (unpaired) electrons. The number of carbonyl (C=O) groups is 1. The molecule has 1 aromatic rings. The van der Waals surface area contributed by atoms with Crippen molar-refractivity contribution >= 4 is 5.91 Å². The molecule has 0 bridgehead atoms. The van der Waals surface area contributed by atoms with Crippen molar-refractivity contribution in [2.45, 2.75) is 13.3 Å². The number of aryl methyl sites for hydroxylation is 1. The molecular weight excluding hydrogens is 194 g/mol. The largest absolute Gasteiger partial charge is 0.448 e. The van der Waals surface area contributed by atoms with Gasteiger partial charge in [0, 0.05) is 26.6 Å². The molecule has 5 heteroatoms. The summed E-state index contributed by atoms with van der Waals surface area (Å²) in [5.41, 5.74) is 0.427. The Morgan fingerprint density at radius 2 is 2.40 bits per heavy atom. The summed E-state index contributed by atoms with van der Waals surface area (Å²) < 4.78 is 5.12. The maximum atomic E-state index is 11.9. The molecule has 0 unspecified atom stereocenters. The number of hydrogen-bond acceptors (Lipinski definition) is 4. The third-order valence-electron chi connectivity index (χ3n) is 2.21. The van der Waals surface area contributed by atoms with Gasteiger partial charge in [-0.2, -0.15) is 0 Å². The van der Waals surface area contributed by atoms with Gasteiger partial charge in [0.25, 0.3) is 5.91 Å². The van der Waals surface area contributed by atoms with E-state index in [0.717, 1.165) is 6.54 Å². The van der Waals surface area contributed by atoms with E-state index < -0.39 is 0 Å². The Hall–Kier alpha value is -1.36. The molecule has 0 fully saturated rings. The van der Waals surface area contributed by atoms with Crippen LogP contribution in [-0.2, 0) is 6.42 Å². The molecule has 0 aliphatic rings. The minimum absolute atomic E-state index is 0.0872. The topological polar surface area (TPSA) is 58.4 Å². The Morgan fingerprint density at radius 1 is 1.67 bits per heavy atom. The predicted octanol–water partition coefficient (Wildman–Crippen LogP) is 0.528. The van der Waals surface area contributed by atoms with E-state index in [0.29, 0.717) is 24.4 Å². The fourth-order valence-electron chi connectivity index (χ4n) is 1.26. The normalized spacial score (nSPS) is 10.3. The Balaban J connectivity index is 2.67. The molecule has 0 saturated heterocycles. The van der Waals surface area contributed by atoms with Crippen molar-refractivity contribution < 1.29 is 9.21 Å². The summed E-state index contributed by atoms with van der Waals surface area (Å²) in [5, 5.41) is 2.99. The Bertz CT molecular complexity index is 322. The monoisotopic (exact) mass is 211 g/mol. The number of nitrogens with one attached hydrogen (secondary N) is 1. The first kappa shape index (κ1) is 11.7. The minimum atomic E-state index is -0.0872. The van der Waals surface area contributed by atoms with Crippen LogP contribution in [0.5, 0.6) is 0 Å². The molecule has 5 nitrogen and oxygen atoms in total. The van der Waals surface area contributed by atoms with Gasteiger partial charge in [-0.25, -0.2) is 4.98 Å². The van der Waals surface area contributed by atoms with Gasteiger partial charge in [-0.1, -0.05) is 6.92 Å². The van der Waals surface area contributed by atoms with Gasteiger partial charge in [-0.15, -0.1) is 0 Å². The molecule has 0 saturated carbocycles. The summed E-state index contributed by atoms with van der Waals surface area (Å²) in [4.78, 5) is 17.4. The van der Waals surface area contributed by atoms with Crippen molar-refractivity contribution in [2.75, 3.05) is 27.2 Å². The van der Waals surface area contributed by atoms with Crippen molar-refractivity contribution in [3.05, 3.63) is 17.8 Å². The number of carbonyl (C=O) groups excluding carboxylic acids is 1. The number of nitrogens with zero attached hydrogens (tertiary/aromatic N) is 2. The number of aromatic nitrogens is 1. The van der Waals surface area contributed by atoms with Gasteiger partial charge in [-0.3, -0.25) is 4.79 Å². The van der Waals surface area contributed by atoms with Gasteiger partial charge in [0.05, 0.1) is 0 Å². The fraction of sp³-hybridized carbons (Fsp3) is 0.600. The van der Waals surface area contributed by atoms with Crippen LogP contribution in [0.1, 0.15) is 23.2 Å². The standard InChI is InChI=1S/C10H17N3O2/c1-4-8-9(12-7-15-8)10(14)13(3)6-5-11-2/h7,11H,4-6H2,1-3H3. The van der Waals surface area contributed by atoms with Gasteiger partial charge in [0.1, 0.15) is 5.76 Å². The number of amides is 1. The van der Waals surface area contributed by atoms with Crippen molar-refractivity contribution in [1.29, 1.82) is 0 Å². The van der Waals surface area contributed by atoms with Crippen molar-refractivity contribution in [3.8, 4) is 0 Å². The third-order valence-corrected chi connectivity index (χ3v) is 2.21. The van der Waals surface area contributed by atoms with Crippen molar-refractivity contribution in [3.63, 3.8) is 0 Å². The van der Waals surface area contributed by atoms with Crippen LogP contribution in [0.3, 0.4) is 0 Å². The quantitative estimate of drug-likeness (QED) is 0.771. The van der Waals surface area contributed by atoms with E-state index in [9.17, 15) is 4.79 Å². The lowest BCUT2D eigenvalue weighted by molar-refractivity contribution is 0.0789. The second kappa shape index (κ2) is 5.50. The summed E-state index contributed by atoms with van der Waals surface area (Å²) in [6.07, 6.45) is 2.00. The molecule has 0 aliphatic heterocycles. The summed E-state index contributed by atoms with van der Waals surface area (Å²) in [7, 11) is 3.61. The Labute approximate surface area is 89.5 Å². The van der Waals surface area contributed by atoms with E-state index in [1.165, 1.54) is 6.39 Å². The van der Waals surface area contributed by atoms with E-state index in [1.807, 2.05) is 14.0 Å². The summed E-state index contributed by atoms with van der Waals surface area (Å²) in [5.74, 6) is 0.562. The van der Waals surface area contributed by atoms with Crippen LogP contribution in [-0.4, -0.2) is 43.0 Å². The maximum absolute atomic E-state index is 11.9. The molecule has 1 amide bonds. The summed E-state index contributed by atoms with van der Waals surface area (Å²) >= 11 is 0. The van der Waals surface area contributed by atoms with E-state index in [1.54, 1.807) is 11.9 Å². The van der Waals surface area contributed by atoms with Crippen LogP contribution < -0.4 is 5.32 Å². The molecule has 1 heterocycles. The van der Waals surface area contributed by atoms with E-state index in [4.69, 9.17) is 4.42 Å². The third kappa shape index (κ3) is 2.79. The molecule has 84 valence electrons. The number of likely N-dealkylation sites (N-methyl/N-ethyl adjacent to an activating group) is 2. The number of rotatable bonds is 5. The second-order valence-corrected chi connectivity index (χ2v) is 3.31. The van der Waals surface area contributed by atoms with E-state index >= 15 is 0 Å². The molecular formula is C10H17N3O2. The first-order valence-corrected chi connectivity index (χ1v) is 5.03. The van der Waals surface area contributed by atoms with Gasteiger partial charge >= 0.3 is 0 Å². The van der Waals surface area contributed by atoms with E-state index in [-0.39, 0.29) is 5.91 Å². The lowest BCUT2D eigenvalue weighted by Crippen LogP contribution is -2.33. The Morgan fingerprint density at radius 3 is 3.00 bits per heavy atom. The molecule has 0 spiro atoms. The number of hydrogen-bond donors (Lipinski definition) is 1. The summed E-state index contributed by atoms with van der Waals surface area (Å²) in [6, 6.07) is 0. The summed E-state index contributed by atoms with van der Waals surface area (Å²) in [6.45, 7) is 3.36. The molecule has 1 aromatic heterocycles. The van der Waals surface area contributed by atoms with Gasteiger partial charge in [0.2, 0.25) is 0 Å². The highest BCUT2D eigenvalue weighted by Crippen LogP contribution is 2.09. The second-order valence-electron chi connectivity index (χ2n) is 3.31. The molecule has 1 N–H and O–H groups in total. The fourth-order valence-corrected chi connectivity index (χ4v) is 1.26.